The molecule has 1 fully saturated rings. The molecule has 1 aliphatic rings. The third-order valence-electron chi connectivity index (χ3n) is 3.43. The van der Waals surface area contributed by atoms with E-state index in [0.29, 0.717) is 19.5 Å². The Labute approximate surface area is 111 Å². The van der Waals surface area contributed by atoms with Crippen molar-refractivity contribution in [3.8, 4) is 0 Å². The average molecular weight is 299 g/mol. The summed E-state index contributed by atoms with van der Waals surface area (Å²) in [6, 6.07) is -0.200. The number of aromatic amines is 1. The first-order chi connectivity index (χ1) is 9.13. The highest BCUT2D eigenvalue weighted by Gasteiger charge is 2.61. The molecule has 10 heteroatoms. The highest BCUT2D eigenvalue weighted by molar-refractivity contribution is 5.31. The van der Waals surface area contributed by atoms with Crippen LogP contribution in [0, 0.1) is 5.92 Å². The molecule has 0 aromatic carbocycles. The SMILES string of the molecule is CC1CCN(c2n[nH]c(C(F)(F)C(F)(F)F)n2)CC1N. The second-order valence-electron chi connectivity index (χ2n) is 4.93. The first kappa shape index (κ1) is 14.9. The minimum atomic E-state index is -5.71. The van der Waals surface area contributed by atoms with Crippen LogP contribution in [0.2, 0.25) is 0 Å². The van der Waals surface area contributed by atoms with E-state index in [1.807, 2.05) is 6.92 Å². The first-order valence-electron chi connectivity index (χ1n) is 6.01. The molecule has 1 aliphatic heterocycles. The Bertz CT molecular complexity index is 471. The molecule has 0 spiro atoms. The number of aromatic nitrogens is 3. The molecule has 1 aromatic heterocycles. The number of nitrogens with zero attached hydrogens (tertiary/aromatic N) is 3. The van der Waals surface area contributed by atoms with Gasteiger partial charge in [0.05, 0.1) is 0 Å². The minimum absolute atomic E-state index is 0.189. The quantitative estimate of drug-likeness (QED) is 0.814. The van der Waals surface area contributed by atoms with E-state index in [1.54, 1.807) is 5.10 Å². The van der Waals surface area contributed by atoms with Crippen LogP contribution >= 0.6 is 0 Å². The van der Waals surface area contributed by atoms with Gasteiger partial charge in [0.1, 0.15) is 0 Å². The number of H-pyrrole nitrogens is 1. The van der Waals surface area contributed by atoms with Gasteiger partial charge in [-0.05, 0) is 12.3 Å². The molecule has 0 saturated carbocycles. The molecule has 1 saturated heterocycles. The van der Waals surface area contributed by atoms with Crippen molar-refractivity contribution in [1.29, 1.82) is 0 Å². The lowest BCUT2D eigenvalue weighted by molar-refractivity contribution is -0.292. The van der Waals surface area contributed by atoms with Crippen LogP contribution in [0.4, 0.5) is 27.9 Å². The van der Waals surface area contributed by atoms with E-state index >= 15 is 0 Å². The zero-order valence-electron chi connectivity index (χ0n) is 10.6. The second-order valence-corrected chi connectivity index (χ2v) is 4.93. The van der Waals surface area contributed by atoms with Crippen molar-refractivity contribution in [1.82, 2.24) is 15.2 Å². The van der Waals surface area contributed by atoms with E-state index < -0.39 is 17.9 Å². The zero-order valence-corrected chi connectivity index (χ0v) is 10.6. The van der Waals surface area contributed by atoms with Crippen LogP contribution in [0.25, 0.3) is 0 Å². The van der Waals surface area contributed by atoms with E-state index in [0.717, 1.165) is 0 Å². The van der Waals surface area contributed by atoms with Crippen molar-refractivity contribution in [2.24, 2.45) is 11.7 Å². The largest absolute Gasteiger partial charge is 0.461 e. The van der Waals surface area contributed by atoms with Gasteiger partial charge in [-0.15, -0.1) is 5.10 Å². The summed E-state index contributed by atoms with van der Waals surface area (Å²) in [5, 5.41) is 5.10. The highest BCUT2D eigenvalue weighted by atomic mass is 19.4. The molecule has 3 N–H and O–H groups in total. The molecule has 20 heavy (non-hydrogen) atoms. The molecule has 0 radical (unpaired) electrons. The number of piperidine rings is 1. The van der Waals surface area contributed by atoms with Gasteiger partial charge in [-0.25, -0.2) is 0 Å². The number of halogens is 5. The topological polar surface area (TPSA) is 70.8 Å². The lowest BCUT2D eigenvalue weighted by atomic mass is 9.95. The molecule has 2 heterocycles. The van der Waals surface area contributed by atoms with E-state index in [1.165, 1.54) is 4.90 Å². The van der Waals surface area contributed by atoms with Crippen LogP contribution in [0.3, 0.4) is 0 Å². The Morgan fingerprint density at radius 3 is 2.50 bits per heavy atom. The summed E-state index contributed by atoms with van der Waals surface area (Å²) in [6.07, 6.45) is -5.02. The standard InChI is InChI=1S/C10H14F5N5/c1-5-2-3-20(4-6(5)16)8-17-7(18-19-8)9(11,12)10(13,14)15/h5-6H,2-4,16H2,1H3,(H,17,18,19). The number of nitrogens with one attached hydrogen (secondary N) is 1. The van der Waals surface area contributed by atoms with Crippen LogP contribution in [0.1, 0.15) is 19.2 Å². The van der Waals surface area contributed by atoms with Gasteiger partial charge < -0.3 is 10.6 Å². The minimum Gasteiger partial charge on any atom is -0.338 e. The van der Waals surface area contributed by atoms with Crippen molar-refractivity contribution in [3.05, 3.63) is 5.82 Å². The molecule has 114 valence electrons. The number of alkyl halides is 5. The van der Waals surface area contributed by atoms with Gasteiger partial charge in [-0.2, -0.15) is 26.9 Å². The predicted molar refractivity (Wildman–Crippen MR) is 60.3 cm³/mol. The van der Waals surface area contributed by atoms with Gasteiger partial charge in [0, 0.05) is 19.1 Å². The van der Waals surface area contributed by atoms with Gasteiger partial charge in [0.2, 0.25) is 11.8 Å². The summed E-state index contributed by atoms with van der Waals surface area (Å²) < 4.78 is 62.8. The Morgan fingerprint density at radius 1 is 1.30 bits per heavy atom. The van der Waals surface area contributed by atoms with Crippen molar-refractivity contribution >= 4 is 5.95 Å². The summed E-state index contributed by atoms with van der Waals surface area (Å²) >= 11 is 0. The Kier molecular flexibility index (Phi) is 3.61. The lowest BCUT2D eigenvalue weighted by Crippen LogP contribution is -2.48. The fraction of sp³-hybridized carbons (Fsp3) is 0.800. The van der Waals surface area contributed by atoms with E-state index in [9.17, 15) is 22.0 Å². The molecule has 2 atom stereocenters. The number of hydrogen-bond donors (Lipinski definition) is 2. The molecule has 2 rings (SSSR count). The fourth-order valence-electron chi connectivity index (χ4n) is 1.95. The van der Waals surface area contributed by atoms with Gasteiger partial charge in [-0.1, -0.05) is 6.92 Å². The summed E-state index contributed by atoms with van der Waals surface area (Å²) in [4.78, 5) is 4.76. The number of nitrogens with two attached hydrogens (primary N) is 1. The molecule has 0 bridgehead atoms. The van der Waals surface area contributed by atoms with Crippen molar-refractivity contribution in [2.45, 2.75) is 31.5 Å². The van der Waals surface area contributed by atoms with E-state index in [2.05, 4.69) is 10.1 Å². The van der Waals surface area contributed by atoms with E-state index in [-0.39, 0.29) is 17.9 Å². The molecule has 0 amide bonds. The maximum absolute atomic E-state index is 13.1. The molecule has 2 unspecified atom stereocenters. The van der Waals surface area contributed by atoms with Crippen molar-refractivity contribution < 1.29 is 22.0 Å². The lowest BCUT2D eigenvalue weighted by Gasteiger charge is -2.34. The number of hydrogen-bond acceptors (Lipinski definition) is 4. The van der Waals surface area contributed by atoms with E-state index in [4.69, 9.17) is 5.73 Å². The average Bonchev–Trinajstić information content (AvgIpc) is 2.81. The maximum atomic E-state index is 13.1. The third kappa shape index (κ3) is 2.56. The van der Waals surface area contributed by atoms with Crippen LogP contribution in [0.15, 0.2) is 0 Å². The zero-order chi connectivity index (χ0) is 15.1. The maximum Gasteiger partial charge on any atom is 0.461 e. The summed E-state index contributed by atoms with van der Waals surface area (Å²) in [7, 11) is 0. The van der Waals surface area contributed by atoms with Crippen LogP contribution in [0.5, 0.6) is 0 Å². The smallest absolute Gasteiger partial charge is 0.338 e. The van der Waals surface area contributed by atoms with Crippen LogP contribution in [-0.4, -0.2) is 40.5 Å². The van der Waals surface area contributed by atoms with Gasteiger partial charge >= 0.3 is 12.1 Å². The Morgan fingerprint density at radius 2 is 1.95 bits per heavy atom. The summed E-state index contributed by atoms with van der Waals surface area (Å²) in [6.45, 7) is 2.73. The molecule has 0 aliphatic carbocycles. The van der Waals surface area contributed by atoms with Gasteiger partial charge in [-0.3, -0.25) is 5.10 Å². The highest BCUT2D eigenvalue weighted by Crippen LogP contribution is 2.42. The van der Waals surface area contributed by atoms with Crippen LogP contribution < -0.4 is 10.6 Å². The Hall–Kier alpha value is -1.45. The molecule has 1 aromatic rings. The van der Waals surface area contributed by atoms with Gasteiger partial charge in [0.15, 0.2) is 0 Å². The number of rotatable bonds is 2. The number of anilines is 1. The predicted octanol–water partition coefficient (Wildman–Crippen LogP) is 1.63. The van der Waals surface area contributed by atoms with Gasteiger partial charge in [0.25, 0.3) is 0 Å². The summed E-state index contributed by atoms with van der Waals surface area (Å²) in [5.41, 5.74) is 5.83. The monoisotopic (exact) mass is 299 g/mol. The molecular weight excluding hydrogens is 285 g/mol. The normalized spacial score (nSPS) is 25.1. The Balaban J connectivity index is 2.18. The van der Waals surface area contributed by atoms with Crippen molar-refractivity contribution in [3.63, 3.8) is 0 Å². The van der Waals surface area contributed by atoms with Crippen LogP contribution in [-0.2, 0) is 5.92 Å². The second kappa shape index (κ2) is 4.83. The first-order valence-corrected chi connectivity index (χ1v) is 6.01. The molecule has 5 nitrogen and oxygen atoms in total. The summed E-state index contributed by atoms with van der Waals surface area (Å²) in [5.74, 6) is -6.50. The third-order valence-corrected chi connectivity index (χ3v) is 3.43. The molecular formula is C10H14F5N5. The van der Waals surface area contributed by atoms with Crippen molar-refractivity contribution in [2.75, 3.05) is 18.0 Å². The fourth-order valence-corrected chi connectivity index (χ4v) is 1.95.